The van der Waals surface area contributed by atoms with E-state index in [2.05, 4.69) is 40.5 Å². The van der Waals surface area contributed by atoms with Crippen molar-refractivity contribution < 1.29 is 9.53 Å². The fourth-order valence-corrected chi connectivity index (χ4v) is 4.57. The van der Waals surface area contributed by atoms with E-state index in [1.807, 2.05) is 18.2 Å². The Morgan fingerprint density at radius 2 is 1.81 bits per heavy atom. The maximum absolute atomic E-state index is 11.8. The van der Waals surface area contributed by atoms with Crippen LogP contribution in [0.4, 0.5) is 5.69 Å². The lowest BCUT2D eigenvalue weighted by molar-refractivity contribution is 0.0601. The average Bonchev–Trinajstić information content (AvgIpc) is 2.90. The molecule has 2 aromatic carbocycles. The number of ether oxygens (including phenoxy) is 1. The Morgan fingerprint density at radius 3 is 2.50 bits per heavy atom. The number of benzene rings is 2. The van der Waals surface area contributed by atoms with Gasteiger partial charge in [0, 0.05) is 31.4 Å². The third-order valence-electron chi connectivity index (χ3n) is 5.78. The van der Waals surface area contributed by atoms with E-state index < -0.39 is 0 Å². The van der Waals surface area contributed by atoms with Crippen LogP contribution in [-0.2, 0) is 11.3 Å². The number of anilines is 1. The van der Waals surface area contributed by atoms with Crippen molar-refractivity contribution in [3.05, 3.63) is 65.7 Å². The first kappa shape index (κ1) is 17.1. The zero-order chi connectivity index (χ0) is 17.9. The van der Waals surface area contributed by atoms with Gasteiger partial charge in [0.25, 0.3) is 0 Å². The smallest absolute Gasteiger partial charge is 0.337 e. The van der Waals surface area contributed by atoms with E-state index in [1.54, 1.807) is 6.07 Å². The Morgan fingerprint density at radius 1 is 1.08 bits per heavy atom. The van der Waals surface area contributed by atoms with Gasteiger partial charge < -0.3 is 10.1 Å². The molecule has 136 valence electrons. The second kappa shape index (κ2) is 7.50. The molecule has 2 aliphatic rings. The Hall–Kier alpha value is -2.33. The maximum Gasteiger partial charge on any atom is 0.337 e. The normalized spacial score (nSPS) is 25.0. The number of rotatable bonds is 5. The van der Waals surface area contributed by atoms with Gasteiger partial charge in [-0.25, -0.2) is 4.79 Å². The predicted octanol–water partition coefficient (Wildman–Crippen LogP) is 3.80. The molecule has 1 aliphatic heterocycles. The first-order valence-electron chi connectivity index (χ1n) is 9.44. The number of methoxy groups -OCH3 is 1. The minimum absolute atomic E-state index is 0.283. The summed E-state index contributed by atoms with van der Waals surface area (Å²) < 4.78 is 4.83. The Bertz CT molecular complexity index is 748. The highest BCUT2D eigenvalue weighted by Crippen LogP contribution is 2.39. The molecule has 2 fully saturated rings. The van der Waals surface area contributed by atoms with Gasteiger partial charge in [0.2, 0.25) is 0 Å². The van der Waals surface area contributed by atoms with Crippen molar-refractivity contribution in [1.29, 1.82) is 0 Å². The van der Waals surface area contributed by atoms with E-state index in [0.29, 0.717) is 23.4 Å². The van der Waals surface area contributed by atoms with E-state index >= 15 is 0 Å². The van der Waals surface area contributed by atoms with Gasteiger partial charge >= 0.3 is 5.97 Å². The minimum atomic E-state index is -0.283. The molecule has 1 N–H and O–H groups in total. The third kappa shape index (κ3) is 3.61. The van der Waals surface area contributed by atoms with Gasteiger partial charge in [-0.2, -0.15) is 0 Å². The highest BCUT2D eigenvalue weighted by atomic mass is 16.5. The van der Waals surface area contributed by atoms with Crippen LogP contribution in [0.25, 0.3) is 0 Å². The molecule has 0 amide bonds. The van der Waals surface area contributed by atoms with Crippen molar-refractivity contribution in [3.8, 4) is 0 Å². The highest BCUT2D eigenvalue weighted by Gasteiger charge is 2.41. The van der Waals surface area contributed by atoms with Crippen molar-refractivity contribution in [2.75, 3.05) is 25.5 Å². The quantitative estimate of drug-likeness (QED) is 0.833. The molecular weight excluding hydrogens is 324 g/mol. The van der Waals surface area contributed by atoms with Crippen LogP contribution >= 0.6 is 0 Å². The topological polar surface area (TPSA) is 41.6 Å². The molecule has 1 saturated heterocycles. The number of likely N-dealkylation sites (tertiary alicyclic amines) is 1. The van der Waals surface area contributed by atoms with Crippen LogP contribution in [0.2, 0.25) is 0 Å². The fraction of sp³-hybridized carbons (Fsp3) is 0.409. The lowest BCUT2D eigenvalue weighted by Gasteiger charge is -2.39. The summed E-state index contributed by atoms with van der Waals surface area (Å²) in [4.78, 5) is 14.4. The molecule has 4 heteroatoms. The molecule has 2 unspecified atom stereocenters. The molecule has 2 atom stereocenters. The zero-order valence-corrected chi connectivity index (χ0v) is 15.2. The van der Waals surface area contributed by atoms with Gasteiger partial charge in [0.15, 0.2) is 0 Å². The predicted molar refractivity (Wildman–Crippen MR) is 103 cm³/mol. The van der Waals surface area contributed by atoms with Crippen molar-refractivity contribution in [1.82, 2.24) is 4.90 Å². The highest BCUT2D eigenvalue weighted by molar-refractivity contribution is 5.90. The van der Waals surface area contributed by atoms with E-state index in [-0.39, 0.29) is 5.97 Å². The summed E-state index contributed by atoms with van der Waals surface area (Å²) in [5.41, 5.74) is 3.02. The molecule has 2 bridgehead atoms. The molecule has 1 saturated carbocycles. The lowest BCUT2D eigenvalue weighted by atomic mass is 9.91. The molecular formula is C22H26N2O2. The Balaban J connectivity index is 1.42. The number of piperidine rings is 1. The van der Waals surface area contributed by atoms with Crippen LogP contribution in [-0.4, -0.2) is 37.1 Å². The average molecular weight is 350 g/mol. The second-order valence-electron chi connectivity index (χ2n) is 7.52. The molecule has 2 aromatic rings. The van der Waals surface area contributed by atoms with E-state index in [0.717, 1.165) is 25.3 Å². The minimum Gasteiger partial charge on any atom is -0.465 e. The monoisotopic (exact) mass is 350 g/mol. The van der Waals surface area contributed by atoms with Crippen LogP contribution < -0.4 is 5.32 Å². The SMILES string of the molecule is COC(=O)c1cccc(NC2C3CCC2CN(Cc2ccccc2)C3)c1. The first-order valence-corrected chi connectivity index (χ1v) is 9.44. The lowest BCUT2D eigenvalue weighted by Crippen LogP contribution is -2.47. The number of carbonyl (C=O) groups is 1. The molecule has 26 heavy (non-hydrogen) atoms. The summed E-state index contributed by atoms with van der Waals surface area (Å²) in [6.07, 6.45) is 2.56. The van der Waals surface area contributed by atoms with Gasteiger partial charge in [-0.1, -0.05) is 36.4 Å². The fourth-order valence-electron chi connectivity index (χ4n) is 4.57. The maximum atomic E-state index is 11.8. The van der Waals surface area contributed by atoms with Crippen LogP contribution in [0.15, 0.2) is 54.6 Å². The molecule has 0 radical (unpaired) electrons. The van der Waals surface area contributed by atoms with Gasteiger partial charge in [0.05, 0.1) is 12.7 Å². The van der Waals surface area contributed by atoms with Crippen LogP contribution in [0, 0.1) is 11.8 Å². The summed E-state index contributed by atoms with van der Waals surface area (Å²) in [6.45, 7) is 3.32. The Kier molecular flexibility index (Phi) is 4.93. The first-order chi connectivity index (χ1) is 12.7. The number of esters is 1. The van der Waals surface area contributed by atoms with E-state index in [9.17, 15) is 4.79 Å². The van der Waals surface area contributed by atoms with E-state index in [4.69, 9.17) is 4.74 Å². The summed E-state index contributed by atoms with van der Waals surface area (Å²) in [5, 5.41) is 3.71. The van der Waals surface area contributed by atoms with Gasteiger partial charge in [-0.05, 0) is 48.4 Å². The number of hydrogen-bond donors (Lipinski definition) is 1. The number of fused-ring (bicyclic) bond motifs is 2. The third-order valence-corrected chi connectivity index (χ3v) is 5.78. The van der Waals surface area contributed by atoms with Crippen molar-refractivity contribution in [2.24, 2.45) is 11.8 Å². The number of nitrogens with one attached hydrogen (secondary N) is 1. The van der Waals surface area contributed by atoms with Crippen molar-refractivity contribution in [3.63, 3.8) is 0 Å². The second-order valence-corrected chi connectivity index (χ2v) is 7.52. The van der Waals surface area contributed by atoms with Crippen LogP contribution in [0.5, 0.6) is 0 Å². The standard InChI is InChI=1S/C22H26N2O2/c1-26-22(25)17-8-5-9-20(12-17)23-21-18-10-11-19(21)15-24(14-18)13-16-6-3-2-4-7-16/h2-9,12,18-19,21,23H,10-11,13-15H2,1H3. The largest absolute Gasteiger partial charge is 0.465 e. The molecule has 1 aliphatic carbocycles. The van der Waals surface area contributed by atoms with Crippen LogP contribution in [0.3, 0.4) is 0 Å². The van der Waals surface area contributed by atoms with Gasteiger partial charge in [-0.3, -0.25) is 4.90 Å². The summed E-state index contributed by atoms with van der Waals surface area (Å²) in [5.74, 6) is 1.05. The van der Waals surface area contributed by atoms with Gasteiger partial charge in [0.1, 0.15) is 0 Å². The summed E-state index contributed by atoms with van der Waals surface area (Å²) in [7, 11) is 1.42. The number of carbonyl (C=O) groups excluding carboxylic acids is 1. The zero-order valence-electron chi connectivity index (χ0n) is 15.2. The van der Waals surface area contributed by atoms with Crippen LogP contribution in [0.1, 0.15) is 28.8 Å². The summed E-state index contributed by atoms with van der Waals surface area (Å²) in [6, 6.07) is 18.9. The summed E-state index contributed by atoms with van der Waals surface area (Å²) >= 11 is 0. The number of nitrogens with zero attached hydrogens (tertiary/aromatic N) is 1. The molecule has 1 heterocycles. The van der Waals surface area contributed by atoms with E-state index in [1.165, 1.54) is 25.5 Å². The van der Waals surface area contributed by atoms with Crippen molar-refractivity contribution >= 4 is 11.7 Å². The molecule has 0 aromatic heterocycles. The molecule has 0 spiro atoms. The number of hydrogen-bond acceptors (Lipinski definition) is 4. The Labute approximate surface area is 155 Å². The molecule has 4 nitrogen and oxygen atoms in total. The van der Waals surface area contributed by atoms with Crippen molar-refractivity contribution in [2.45, 2.75) is 25.4 Å². The van der Waals surface area contributed by atoms with Gasteiger partial charge in [-0.15, -0.1) is 0 Å². The molecule has 4 rings (SSSR count).